The third kappa shape index (κ3) is 4.08. The number of hydrogen-bond donors (Lipinski definition) is 1. The van der Waals surface area contributed by atoms with E-state index in [1.807, 2.05) is 6.26 Å². The molecule has 0 atom stereocenters. The van der Waals surface area contributed by atoms with Crippen LogP contribution in [0.2, 0.25) is 0 Å². The van der Waals surface area contributed by atoms with Gasteiger partial charge in [-0.05, 0) is 50.5 Å². The van der Waals surface area contributed by atoms with E-state index in [4.69, 9.17) is 9.15 Å². The Morgan fingerprint density at radius 2 is 2.00 bits per heavy atom. The van der Waals surface area contributed by atoms with Gasteiger partial charge in [0.15, 0.2) is 0 Å². The van der Waals surface area contributed by atoms with E-state index in [1.54, 1.807) is 0 Å². The Bertz CT molecular complexity index is 389. The molecule has 0 aromatic carbocycles. The van der Waals surface area contributed by atoms with Gasteiger partial charge < -0.3 is 14.5 Å². The second-order valence-electron chi connectivity index (χ2n) is 6.27. The van der Waals surface area contributed by atoms with Gasteiger partial charge in [0.1, 0.15) is 12.4 Å². The van der Waals surface area contributed by atoms with Gasteiger partial charge in [-0.25, -0.2) is 0 Å². The number of rotatable bonds is 6. The number of hydrogen-bond acceptors (Lipinski definition) is 3. The van der Waals surface area contributed by atoms with Crippen molar-refractivity contribution in [2.45, 2.75) is 70.7 Å². The SMILES string of the molecule is CC1CCC(OCc2cc(CNC3CC3)co2)CC1. The second kappa shape index (κ2) is 6.10. The molecular weight excluding hydrogens is 238 g/mol. The summed E-state index contributed by atoms with van der Waals surface area (Å²) in [6.45, 7) is 3.89. The first-order valence-electron chi connectivity index (χ1n) is 7.71. The van der Waals surface area contributed by atoms with Gasteiger partial charge in [0.25, 0.3) is 0 Å². The zero-order valence-electron chi connectivity index (χ0n) is 11.9. The molecule has 19 heavy (non-hydrogen) atoms. The summed E-state index contributed by atoms with van der Waals surface area (Å²) in [5.41, 5.74) is 1.24. The lowest BCUT2D eigenvalue weighted by Crippen LogP contribution is -2.20. The lowest BCUT2D eigenvalue weighted by atomic mass is 9.89. The van der Waals surface area contributed by atoms with Gasteiger partial charge in [-0.15, -0.1) is 0 Å². The van der Waals surface area contributed by atoms with Crippen LogP contribution in [0.15, 0.2) is 16.7 Å². The average Bonchev–Trinajstić information content (AvgIpc) is 3.15. The van der Waals surface area contributed by atoms with Crippen molar-refractivity contribution in [1.82, 2.24) is 5.32 Å². The number of ether oxygens (including phenoxy) is 1. The molecule has 1 aromatic rings. The van der Waals surface area contributed by atoms with Gasteiger partial charge in [0.05, 0.1) is 12.4 Å². The molecule has 3 rings (SSSR count). The lowest BCUT2D eigenvalue weighted by Gasteiger charge is -2.25. The minimum Gasteiger partial charge on any atom is -0.467 e. The van der Waals surface area contributed by atoms with Gasteiger partial charge in [0.2, 0.25) is 0 Å². The van der Waals surface area contributed by atoms with Crippen molar-refractivity contribution < 1.29 is 9.15 Å². The van der Waals surface area contributed by atoms with Crippen LogP contribution < -0.4 is 5.32 Å². The number of furan rings is 1. The first kappa shape index (κ1) is 13.2. The summed E-state index contributed by atoms with van der Waals surface area (Å²) in [4.78, 5) is 0. The molecular formula is C16H25NO2. The van der Waals surface area contributed by atoms with Crippen molar-refractivity contribution in [3.8, 4) is 0 Å². The summed E-state index contributed by atoms with van der Waals surface area (Å²) in [5, 5.41) is 3.50. The molecule has 2 aliphatic rings. The van der Waals surface area contributed by atoms with E-state index in [9.17, 15) is 0 Å². The van der Waals surface area contributed by atoms with E-state index in [0.717, 1.165) is 24.3 Å². The molecule has 1 heterocycles. The summed E-state index contributed by atoms with van der Waals surface area (Å²) in [6.07, 6.45) is 9.97. The minimum atomic E-state index is 0.439. The maximum Gasteiger partial charge on any atom is 0.129 e. The van der Waals surface area contributed by atoms with E-state index in [2.05, 4.69) is 18.3 Å². The second-order valence-corrected chi connectivity index (χ2v) is 6.27. The monoisotopic (exact) mass is 263 g/mol. The van der Waals surface area contributed by atoms with Crippen molar-refractivity contribution in [3.05, 3.63) is 23.7 Å². The molecule has 2 saturated carbocycles. The number of nitrogens with one attached hydrogen (secondary N) is 1. The van der Waals surface area contributed by atoms with E-state index in [0.29, 0.717) is 12.7 Å². The van der Waals surface area contributed by atoms with Crippen LogP contribution in [0.25, 0.3) is 0 Å². The summed E-state index contributed by atoms with van der Waals surface area (Å²) in [5.74, 6) is 1.84. The summed E-state index contributed by atoms with van der Waals surface area (Å²) < 4.78 is 11.5. The average molecular weight is 263 g/mol. The molecule has 0 aliphatic heterocycles. The highest BCUT2D eigenvalue weighted by Crippen LogP contribution is 2.26. The molecule has 3 nitrogen and oxygen atoms in total. The van der Waals surface area contributed by atoms with E-state index in [-0.39, 0.29) is 0 Å². The smallest absolute Gasteiger partial charge is 0.129 e. The van der Waals surface area contributed by atoms with Crippen LogP contribution in [0.3, 0.4) is 0 Å². The molecule has 0 amide bonds. The highest BCUT2D eigenvalue weighted by Gasteiger charge is 2.21. The van der Waals surface area contributed by atoms with Crippen molar-refractivity contribution in [2.24, 2.45) is 5.92 Å². The largest absolute Gasteiger partial charge is 0.467 e. The third-order valence-electron chi connectivity index (χ3n) is 4.30. The van der Waals surface area contributed by atoms with Crippen LogP contribution in [-0.4, -0.2) is 12.1 Å². The predicted molar refractivity (Wildman–Crippen MR) is 74.8 cm³/mol. The molecule has 0 spiro atoms. The van der Waals surface area contributed by atoms with Crippen molar-refractivity contribution in [2.75, 3.05) is 0 Å². The summed E-state index contributed by atoms with van der Waals surface area (Å²) >= 11 is 0. The van der Waals surface area contributed by atoms with Crippen LogP contribution in [0.5, 0.6) is 0 Å². The molecule has 106 valence electrons. The van der Waals surface area contributed by atoms with E-state index >= 15 is 0 Å². The highest BCUT2D eigenvalue weighted by molar-refractivity contribution is 5.12. The molecule has 1 aromatic heterocycles. The maximum absolute atomic E-state index is 5.95. The molecule has 2 aliphatic carbocycles. The van der Waals surface area contributed by atoms with Gasteiger partial charge in [-0.2, -0.15) is 0 Å². The zero-order valence-corrected chi connectivity index (χ0v) is 11.9. The molecule has 0 bridgehead atoms. The van der Waals surface area contributed by atoms with Crippen LogP contribution in [0, 0.1) is 5.92 Å². The predicted octanol–water partition coefficient (Wildman–Crippen LogP) is 3.63. The third-order valence-corrected chi connectivity index (χ3v) is 4.30. The maximum atomic E-state index is 5.95. The Morgan fingerprint density at radius 3 is 2.74 bits per heavy atom. The molecule has 2 fully saturated rings. The Hall–Kier alpha value is -0.800. The molecule has 0 radical (unpaired) electrons. The van der Waals surface area contributed by atoms with Crippen molar-refractivity contribution in [1.29, 1.82) is 0 Å². The Labute approximate surface area is 115 Å². The first-order valence-corrected chi connectivity index (χ1v) is 7.71. The lowest BCUT2D eigenvalue weighted by molar-refractivity contribution is 0.00127. The first-order chi connectivity index (χ1) is 9.29. The van der Waals surface area contributed by atoms with Crippen LogP contribution in [-0.2, 0) is 17.9 Å². The Balaban J connectivity index is 1.39. The Kier molecular flexibility index (Phi) is 4.24. The van der Waals surface area contributed by atoms with Gasteiger partial charge >= 0.3 is 0 Å². The summed E-state index contributed by atoms with van der Waals surface area (Å²) in [7, 11) is 0. The zero-order chi connectivity index (χ0) is 13.1. The van der Waals surface area contributed by atoms with E-state index in [1.165, 1.54) is 44.1 Å². The molecule has 0 unspecified atom stereocenters. The van der Waals surface area contributed by atoms with Gasteiger partial charge in [0, 0.05) is 18.2 Å². The van der Waals surface area contributed by atoms with Crippen LogP contribution >= 0.6 is 0 Å². The Morgan fingerprint density at radius 1 is 1.21 bits per heavy atom. The fourth-order valence-corrected chi connectivity index (χ4v) is 2.74. The fourth-order valence-electron chi connectivity index (χ4n) is 2.74. The standard InChI is InChI=1S/C16H25NO2/c1-12-2-6-15(7-3-12)19-11-16-8-13(10-18-16)9-17-14-4-5-14/h8,10,12,14-15,17H,2-7,9,11H2,1H3. The van der Waals surface area contributed by atoms with Crippen LogP contribution in [0.4, 0.5) is 0 Å². The van der Waals surface area contributed by atoms with Crippen LogP contribution in [0.1, 0.15) is 56.8 Å². The summed E-state index contributed by atoms with van der Waals surface area (Å²) in [6, 6.07) is 2.87. The normalized spacial score (nSPS) is 27.6. The molecule has 0 saturated heterocycles. The van der Waals surface area contributed by atoms with Gasteiger partial charge in [-0.1, -0.05) is 6.92 Å². The minimum absolute atomic E-state index is 0.439. The molecule has 1 N–H and O–H groups in total. The van der Waals surface area contributed by atoms with Crippen molar-refractivity contribution >= 4 is 0 Å². The quantitative estimate of drug-likeness (QED) is 0.851. The van der Waals surface area contributed by atoms with E-state index < -0.39 is 0 Å². The topological polar surface area (TPSA) is 34.4 Å². The van der Waals surface area contributed by atoms with Crippen molar-refractivity contribution in [3.63, 3.8) is 0 Å². The molecule has 3 heteroatoms. The fraction of sp³-hybridized carbons (Fsp3) is 0.750. The van der Waals surface area contributed by atoms with Gasteiger partial charge in [-0.3, -0.25) is 0 Å². The highest BCUT2D eigenvalue weighted by atomic mass is 16.5.